The van der Waals surface area contributed by atoms with Crippen LogP contribution in [0.25, 0.3) is 11.0 Å². The third-order valence-corrected chi connectivity index (χ3v) is 15.7. The van der Waals surface area contributed by atoms with Gasteiger partial charge in [-0.3, -0.25) is 53.0 Å². The van der Waals surface area contributed by atoms with Crippen molar-refractivity contribution < 1.29 is 52.4 Å². The summed E-state index contributed by atoms with van der Waals surface area (Å²) in [5.74, 6) is -0.706. The number of carbonyl (C=O) groups is 10. The number of fused-ring (bicyclic) bond motifs is 7. The lowest BCUT2D eigenvalue weighted by Gasteiger charge is -2.25. The van der Waals surface area contributed by atoms with Crippen molar-refractivity contribution in [2.45, 2.75) is 149 Å². The van der Waals surface area contributed by atoms with Gasteiger partial charge in [0.25, 0.3) is 35.1 Å². The fourth-order valence-electron chi connectivity index (χ4n) is 10.2. The zero-order valence-electron chi connectivity index (χ0n) is 67.9. The second-order valence-electron chi connectivity index (χ2n) is 21.7. The Hall–Kier alpha value is -11.6. The number of hydrogen-bond acceptors (Lipinski definition) is 13. The van der Waals surface area contributed by atoms with Crippen LogP contribution >= 0.6 is 0 Å². The van der Waals surface area contributed by atoms with Crippen LogP contribution in [0.15, 0.2) is 194 Å². The molecule has 0 atom stereocenters. The van der Waals surface area contributed by atoms with E-state index in [0.29, 0.717) is 46.9 Å². The van der Waals surface area contributed by atoms with Crippen LogP contribution in [-0.2, 0) is 53.7 Å². The van der Waals surface area contributed by atoms with E-state index >= 15 is 0 Å². The zero-order valence-corrected chi connectivity index (χ0v) is 67.9. The van der Waals surface area contributed by atoms with Gasteiger partial charge < -0.3 is 24.0 Å². The number of urea groups is 2. The molecule has 0 radical (unpaired) electrons. The summed E-state index contributed by atoms with van der Waals surface area (Å²) in [6.45, 7) is 33.6. The number of hydrogen-bond donors (Lipinski definition) is 0. The Bertz CT molecular complexity index is 4340. The highest BCUT2D eigenvalue weighted by Crippen LogP contribution is 2.28. The smallest absolute Gasteiger partial charge is 0.409 e. The summed E-state index contributed by atoms with van der Waals surface area (Å²) in [5, 5.41) is 6.34. The number of benzene rings is 7. The monoisotopic (exact) mass is 1480 g/mol. The largest absolute Gasteiger partial charge is 0.422 e. The molecular weight excluding hydrogens is 1370 g/mol. The minimum atomic E-state index is -0.635. The van der Waals surface area contributed by atoms with Gasteiger partial charge in [0.05, 0.1) is 29.4 Å². The van der Waals surface area contributed by atoms with Crippen molar-refractivity contribution in [3.63, 3.8) is 0 Å². The van der Waals surface area contributed by atoms with Crippen LogP contribution in [-0.4, -0.2) is 144 Å². The number of imide groups is 3. The Kier molecular flexibility index (Phi) is 46.0. The van der Waals surface area contributed by atoms with Gasteiger partial charge >= 0.3 is 17.8 Å². The van der Waals surface area contributed by atoms with Gasteiger partial charge in [0.15, 0.2) is 0 Å². The fourth-order valence-corrected chi connectivity index (χ4v) is 10.2. The molecule has 0 saturated heterocycles. The molecule has 108 heavy (non-hydrogen) atoms. The van der Waals surface area contributed by atoms with Gasteiger partial charge in [0.2, 0.25) is 17.7 Å². The third kappa shape index (κ3) is 26.5. The van der Waals surface area contributed by atoms with Gasteiger partial charge in [-0.05, 0) is 95.3 Å². The summed E-state index contributed by atoms with van der Waals surface area (Å²) < 4.78 is 5.83. The lowest BCUT2D eigenvalue weighted by molar-refractivity contribution is -0.127. The number of anilines is 2. The number of nitrogens with zero attached hydrogens (tertiary/aromatic N) is 10. The molecule has 0 bridgehead atoms. The summed E-state index contributed by atoms with van der Waals surface area (Å²) in [4.78, 5) is 144. The number of para-hydroxylation sites is 3. The van der Waals surface area contributed by atoms with Crippen molar-refractivity contribution in [3.8, 4) is 0 Å². The maximum absolute atomic E-state index is 11.5. The molecule has 7 aliphatic heterocycles. The fraction of sp³-hybridized carbons (Fsp3) is 0.365. The molecule has 0 spiro atoms. The highest BCUT2D eigenvalue weighted by Gasteiger charge is 2.32. The lowest BCUT2D eigenvalue weighted by atomic mass is 9.99. The summed E-state index contributed by atoms with van der Waals surface area (Å²) in [7, 11) is 13.0. The van der Waals surface area contributed by atoms with E-state index in [1.54, 1.807) is 80.3 Å². The minimum absolute atomic E-state index is 0.135. The van der Waals surface area contributed by atoms with E-state index in [0.717, 1.165) is 79.5 Å². The van der Waals surface area contributed by atoms with E-state index in [9.17, 15) is 57.5 Å². The van der Waals surface area contributed by atoms with Crippen LogP contribution in [0.3, 0.4) is 0 Å². The minimum Gasteiger partial charge on any atom is -0.409 e. The summed E-state index contributed by atoms with van der Waals surface area (Å²) >= 11 is 0. The molecule has 582 valence electrons. The number of aromatic nitrogens is 1. The Labute approximate surface area is 638 Å². The first-order chi connectivity index (χ1) is 52.0. The molecule has 7 aliphatic rings. The number of rotatable bonds is 0. The first-order valence-electron chi connectivity index (χ1n) is 37.0. The second-order valence-corrected chi connectivity index (χ2v) is 21.7. The number of azo groups is 1. The molecular formula is C85H114N10O13. The van der Waals surface area contributed by atoms with Crippen LogP contribution in [0, 0.1) is 0 Å². The summed E-state index contributed by atoms with van der Waals surface area (Å²) in [5.41, 5.74) is 11.1. The molecule has 0 unspecified atom stereocenters. The van der Waals surface area contributed by atoms with Crippen molar-refractivity contribution in [1.29, 1.82) is 0 Å². The van der Waals surface area contributed by atoms with Gasteiger partial charge in [-0.2, -0.15) is 0 Å². The number of amides is 12. The van der Waals surface area contributed by atoms with E-state index in [-0.39, 0.29) is 52.8 Å². The maximum atomic E-state index is 11.5. The highest BCUT2D eigenvalue weighted by molar-refractivity contribution is 6.21. The van der Waals surface area contributed by atoms with E-state index < -0.39 is 17.8 Å². The Morgan fingerprint density at radius 2 is 0.648 bits per heavy atom. The molecule has 12 amide bonds. The molecule has 1 aromatic heterocycles. The topological polar surface area (TPSA) is 270 Å². The first-order valence-corrected chi connectivity index (χ1v) is 37.0. The zero-order chi connectivity index (χ0) is 82.5. The second kappa shape index (κ2) is 51.5. The Morgan fingerprint density at radius 1 is 0.296 bits per heavy atom. The number of aryl methyl sites for hydroxylation is 1. The van der Waals surface area contributed by atoms with Crippen LogP contribution in [0.2, 0.25) is 0 Å². The average molecular weight is 1480 g/mol. The van der Waals surface area contributed by atoms with Gasteiger partial charge in [-0.15, -0.1) is 0 Å². The van der Waals surface area contributed by atoms with Crippen LogP contribution in [0.4, 0.5) is 21.0 Å². The molecule has 23 nitrogen and oxygen atoms in total. The Balaban J connectivity index is 0.00000118. The molecule has 0 N–H and O–H groups in total. The molecule has 8 aromatic rings. The molecule has 7 aromatic carbocycles. The van der Waals surface area contributed by atoms with Gasteiger partial charge in [-0.1, -0.05) is 236 Å². The van der Waals surface area contributed by atoms with Crippen LogP contribution < -0.4 is 21.1 Å². The predicted octanol–water partition coefficient (Wildman–Crippen LogP) is 16.5. The van der Waals surface area contributed by atoms with Crippen molar-refractivity contribution >= 4 is 81.7 Å². The van der Waals surface area contributed by atoms with Crippen molar-refractivity contribution in [2.24, 2.45) is 17.3 Å². The van der Waals surface area contributed by atoms with E-state index in [2.05, 4.69) is 16.3 Å². The molecule has 0 saturated carbocycles. The van der Waals surface area contributed by atoms with Crippen molar-refractivity contribution in [2.75, 3.05) is 65.7 Å². The lowest BCUT2D eigenvalue weighted by Crippen LogP contribution is -2.39. The predicted molar refractivity (Wildman–Crippen MR) is 433 cm³/mol. The third-order valence-electron chi connectivity index (χ3n) is 15.7. The van der Waals surface area contributed by atoms with Gasteiger partial charge in [0, 0.05) is 104 Å². The van der Waals surface area contributed by atoms with Crippen molar-refractivity contribution in [3.05, 3.63) is 246 Å². The molecule has 0 aliphatic carbocycles. The molecule has 8 heterocycles. The summed E-state index contributed by atoms with van der Waals surface area (Å²) in [6, 6.07) is 51.0. The number of likely N-dealkylation sites (N-methyl/N-ethyl adjacent to an activating group) is 3. The van der Waals surface area contributed by atoms with Crippen molar-refractivity contribution in [1.82, 2.24) is 29.1 Å². The normalized spacial score (nSPS) is 13.4. The van der Waals surface area contributed by atoms with Crippen LogP contribution in [0.5, 0.6) is 0 Å². The Morgan fingerprint density at radius 3 is 1.12 bits per heavy atom. The highest BCUT2D eigenvalue weighted by atomic mass is 16.4. The molecule has 15 rings (SSSR count). The molecule has 0 fully saturated rings. The van der Waals surface area contributed by atoms with E-state index in [1.807, 2.05) is 242 Å². The number of carbonyl (C=O) groups excluding carboxylic acids is 10. The maximum Gasteiger partial charge on any atom is 0.422 e. The van der Waals surface area contributed by atoms with Gasteiger partial charge in [-0.25, -0.2) is 23.9 Å². The average Bonchev–Trinajstić information content (AvgIpc) is 1.50. The SMILES string of the molecule is CC.CC.CC.CC.CC.CC.CC.CC.CN1C(=O)CCc2ccccc21.CN1C(=O)Cc2ccccc21.CN1C(=O)Cc2ccccc2C1=O.CN1C(=O)N=NC1=O.CN1C(=O)c2ccccc2C1=O.CN1CCc2ccccc2C1=O.CN1Cc2ccccc2C1=O.Cn1c(=O)oc2ccccc2c1=O. The first kappa shape index (κ1) is 96.4. The van der Waals surface area contributed by atoms with Crippen LogP contribution in [0.1, 0.15) is 197 Å². The standard InChI is InChI=1S/C10H9NO2.2C10H11NO.C9H7NO3.C9H7NO2.2C9H9NO.C3H3N3O2.8C2H6/c1-11-9(12)6-7-4-2-3-5-8(7)10(11)13;1-11-7-6-8-4-2-3-5-9(8)10(11)12;1-11-9-5-3-2-4-8(9)6-7-10(11)12;1-10-8(11)6-4-2-3-5-7(6)13-9(10)12;1-10-8(11)6-4-2-3-5-7(6)9(10)12;1-10-6-7-4-2-3-5-8(7)9(10)11;1-10-8-5-3-2-4-7(8)6-9(10)11;1-6-2(7)4-5-3(6)8;8*1-2/h2-5H,6H2,1H3;2*2-5H,6-7H2,1H3;2-5H,1H3;2-5H,1H3;2*2-5H,6H2,1H3;1H3;8*1-2H3. The van der Waals surface area contributed by atoms with Gasteiger partial charge in [0.1, 0.15) is 5.58 Å². The van der Waals surface area contributed by atoms with E-state index in [1.165, 1.54) is 44.2 Å². The van der Waals surface area contributed by atoms with E-state index in [4.69, 9.17) is 4.42 Å². The molecule has 23 heteroatoms. The quantitative estimate of drug-likeness (QED) is 0.128. The summed E-state index contributed by atoms with van der Waals surface area (Å²) in [6.07, 6.45) is 3.41.